The van der Waals surface area contributed by atoms with Crippen LogP contribution in [0, 0.1) is 6.92 Å². The van der Waals surface area contributed by atoms with E-state index in [1.807, 2.05) is 6.92 Å². The number of fused-ring (bicyclic) bond motifs is 1. The fraction of sp³-hybridized carbons (Fsp3) is 0.778. The highest BCUT2D eigenvalue weighted by atomic mass is 15.3. The maximum Gasteiger partial charge on any atom is 0.133 e. The molecule has 66 valence electrons. The lowest BCUT2D eigenvalue weighted by Gasteiger charge is -2.24. The third-order valence-electron chi connectivity index (χ3n) is 2.71. The average molecular weight is 165 g/mol. The Balaban J connectivity index is 2.41. The number of hydrogen-bond donors (Lipinski definition) is 0. The molecule has 1 aromatic rings. The number of rotatable bonds is 1. The highest BCUT2D eigenvalue weighted by Gasteiger charge is 2.20. The molecule has 0 aliphatic carbocycles. The Kier molecular flexibility index (Phi) is 1.87. The molecule has 2 rings (SSSR count). The molecule has 0 saturated heterocycles. The van der Waals surface area contributed by atoms with Crippen molar-refractivity contribution in [3.05, 3.63) is 11.6 Å². The van der Waals surface area contributed by atoms with Crippen molar-refractivity contribution in [3.8, 4) is 0 Å². The van der Waals surface area contributed by atoms with Crippen LogP contribution in [0.5, 0.6) is 0 Å². The van der Waals surface area contributed by atoms with Gasteiger partial charge in [0.05, 0.1) is 0 Å². The van der Waals surface area contributed by atoms with Crippen molar-refractivity contribution >= 4 is 0 Å². The van der Waals surface area contributed by atoms with Crippen molar-refractivity contribution in [3.63, 3.8) is 0 Å². The minimum Gasteiger partial charge on any atom is -0.312 e. The molecule has 1 unspecified atom stereocenters. The highest BCUT2D eigenvalue weighted by Crippen LogP contribution is 2.26. The summed E-state index contributed by atoms with van der Waals surface area (Å²) in [6.07, 6.45) is 4.88. The zero-order valence-electron chi connectivity index (χ0n) is 7.75. The van der Waals surface area contributed by atoms with Gasteiger partial charge in [0.1, 0.15) is 11.6 Å². The first-order valence-electron chi connectivity index (χ1n) is 4.73. The van der Waals surface area contributed by atoms with Gasteiger partial charge in [-0.05, 0) is 26.2 Å². The van der Waals surface area contributed by atoms with E-state index >= 15 is 0 Å². The standard InChI is InChI=1S/C9H15N3/c1-3-8-5-4-6-9-11-10-7(2)12(8)9/h8H,3-6H2,1-2H3. The molecule has 3 heteroatoms. The van der Waals surface area contributed by atoms with Gasteiger partial charge in [0.15, 0.2) is 0 Å². The number of aryl methyl sites for hydroxylation is 2. The highest BCUT2D eigenvalue weighted by molar-refractivity contribution is 5.00. The molecule has 0 N–H and O–H groups in total. The van der Waals surface area contributed by atoms with Gasteiger partial charge in [0, 0.05) is 12.5 Å². The summed E-state index contributed by atoms with van der Waals surface area (Å²) < 4.78 is 2.31. The summed E-state index contributed by atoms with van der Waals surface area (Å²) in [5, 5.41) is 8.28. The molecular formula is C9H15N3. The van der Waals surface area contributed by atoms with E-state index in [4.69, 9.17) is 0 Å². The van der Waals surface area contributed by atoms with Gasteiger partial charge in [0.25, 0.3) is 0 Å². The van der Waals surface area contributed by atoms with Crippen LogP contribution < -0.4 is 0 Å². The van der Waals surface area contributed by atoms with Gasteiger partial charge in [-0.1, -0.05) is 6.92 Å². The van der Waals surface area contributed by atoms with Crippen LogP contribution in [-0.4, -0.2) is 14.8 Å². The smallest absolute Gasteiger partial charge is 0.133 e. The predicted molar refractivity (Wildman–Crippen MR) is 47.0 cm³/mol. The zero-order chi connectivity index (χ0) is 8.55. The molecular weight excluding hydrogens is 150 g/mol. The summed E-state index contributed by atoms with van der Waals surface area (Å²) in [7, 11) is 0. The largest absolute Gasteiger partial charge is 0.312 e. The van der Waals surface area contributed by atoms with Crippen molar-refractivity contribution in [2.24, 2.45) is 0 Å². The van der Waals surface area contributed by atoms with Crippen LogP contribution in [0.15, 0.2) is 0 Å². The lowest BCUT2D eigenvalue weighted by molar-refractivity contribution is 0.380. The summed E-state index contributed by atoms with van der Waals surface area (Å²) in [6, 6.07) is 0.656. The molecule has 0 radical (unpaired) electrons. The van der Waals surface area contributed by atoms with E-state index < -0.39 is 0 Å². The summed E-state index contributed by atoms with van der Waals surface area (Å²) in [6.45, 7) is 4.28. The van der Waals surface area contributed by atoms with Crippen LogP contribution in [0.25, 0.3) is 0 Å². The van der Waals surface area contributed by atoms with Crippen LogP contribution in [0.2, 0.25) is 0 Å². The maximum atomic E-state index is 4.17. The van der Waals surface area contributed by atoms with Crippen LogP contribution in [0.4, 0.5) is 0 Å². The fourth-order valence-electron chi connectivity index (χ4n) is 2.07. The van der Waals surface area contributed by atoms with Crippen molar-refractivity contribution in [1.82, 2.24) is 14.8 Å². The van der Waals surface area contributed by atoms with Gasteiger partial charge >= 0.3 is 0 Å². The molecule has 0 fully saturated rings. The van der Waals surface area contributed by atoms with E-state index in [2.05, 4.69) is 21.7 Å². The Bertz CT molecular complexity index is 277. The van der Waals surface area contributed by atoms with Gasteiger partial charge < -0.3 is 4.57 Å². The lowest BCUT2D eigenvalue weighted by Crippen LogP contribution is -2.18. The van der Waals surface area contributed by atoms with Gasteiger partial charge in [-0.3, -0.25) is 0 Å². The summed E-state index contributed by atoms with van der Waals surface area (Å²) >= 11 is 0. The second-order valence-corrected chi connectivity index (χ2v) is 3.49. The van der Waals surface area contributed by atoms with E-state index in [1.54, 1.807) is 0 Å². The Morgan fingerprint density at radius 2 is 2.33 bits per heavy atom. The molecule has 0 amide bonds. The molecule has 1 aromatic heterocycles. The molecule has 1 aliphatic rings. The molecule has 0 aromatic carbocycles. The first-order chi connectivity index (χ1) is 5.83. The Hall–Kier alpha value is -0.860. The number of aromatic nitrogens is 3. The first kappa shape index (κ1) is 7.77. The normalized spacial score (nSPS) is 22.3. The van der Waals surface area contributed by atoms with Crippen LogP contribution >= 0.6 is 0 Å². The van der Waals surface area contributed by atoms with E-state index in [1.165, 1.54) is 25.1 Å². The Labute approximate surface area is 72.8 Å². The maximum absolute atomic E-state index is 4.17. The molecule has 0 spiro atoms. The molecule has 2 heterocycles. The monoisotopic (exact) mass is 165 g/mol. The molecule has 3 nitrogen and oxygen atoms in total. The summed E-state index contributed by atoms with van der Waals surface area (Å²) in [4.78, 5) is 0. The minimum absolute atomic E-state index is 0.656. The predicted octanol–water partition coefficient (Wildman–Crippen LogP) is 1.87. The van der Waals surface area contributed by atoms with E-state index in [-0.39, 0.29) is 0 Å². The lowest BCUT2D eigenvalue weighted by atomic mass is 10.0. The van der Waals surface area contributed by atoms with Gasteiger partial charge in [-0.15, -0.1) is 10.2 Å². The molecule has 1 atom stereocenters. The molecule has 0 bridgehead atoms. The SMILES string of the molecule is CCC1CCCc2nnc(C)n21. The Morgan fingerprint density at radius 3 is 3.08 bits per heavy atom. The zero-order valence-corrected chi connectivity index (χ0v) is 7.75. The topological polar surface area (TPSA) is 30.7 Å². The van der Waals surface area contributed by atoms with E-state index in [0.29, 0.717) is 6.04 Å². The molecule has 1 aliphatic heterocycles. The van der Waals surface area contributed by atoms with Gasteiger partial charge in [-0.25, -0.2) is 0 Å². The van der Waals surface area contributed by atoms with Crippen molar-refractivity contribution in [2.75, 3.05) is 0 Å². The third-order valence-corrected chi connectivity index (χ3v) is 2.71. The fourth-order valence-corrected chi connectivity index (χ4v) is 2.07. The van der Waals surface area contributed by atoms with E-state index in [0.717, 1.165) is 12.2 Å². The minimum atomic E-state index is 0.656. The van der Waals surface area contributed by atoms with Gasteiger partial charge in [0.2, 0.25) is 0 Å². The average Bonchev–Trinajstić information content (AvgIpc) is 2.48. The Morgan fingerprint density at radius 1 is 1.50 bits per heavy atom. The summed E-state index contributed by atoms with van der Waals surface area (Å²) in [5.74, 6) is 2.27. The van der Waals surface area contributed by atoms with Crippen molar-refractivity contribution < 1.29 is 0 Å². The molecule has 0 saturated carbocycles. The second kappa shape index (κ2) is 2.88. The first-order valence-corrected chi connectivity index (χ1v) is 4.73. The van der Waals surface area contributed by atoms with Gasteiger partial charge in [-0.2, -0.15) is 0 Å². The van der Waals surface area contributed by atoms with E-state index in [9.17, 15) is 0 Å². The van der Waals surface area contributed by atoms with Crippen LogP contribution in [-0.2, 0) is 6.42 Å². The van der Waals surface area contributed by atoms with Crippen LogP contribution in [0.1, 0.15) is 43.9 Å². The van der Waals surface area contributed by atoms with Crippen LogP contribution in [0.3, 0.4) is 0 Å². The molecule has 12 heavy (non-hydrogen) atoms. The van der Waals surface area contributed by atoms with Crippen molar-refractivity contribution in [2.45, 2.75) is 45.6 Å². The number of nitrogens with zero attached hydrogens (tertiary/aromatic N) is 3. The third kappa shape index (κ3) is 1.04. The summed E-state index contributed by atoms with van der Waals surface area (Å²) in [5.41, 5.74) is 0. The quantitative estimate of drug-likeness (QED) is 0.636. The van der Waals surface area contributed by atoms with Crippen molar-refractivity contribution in [1.29, 1.82) is 0 Å². The number of hydrogen-bond acceptors (Lipinski definition) is 2. The second-order valence-electron chi connectivity index (χ2n) is 3.49.